The Labute approximate surface area is 171 Å². The van der Waals surface area contributed by atoms with Crippen molar-refractivity contribution in [3.63, 3.8) is 0 Å². The largest absolute Gasteiger partial charge is 0.326 e. The SMILES string of the molecule is Cc1ccc(SCCC(=O)Nc2ccccc2CN2CCSCC2)cc1C. The number of nitrogens with one attached hydrogen (secondary N) is 1. The first kappa shape index (κ1) is 20.3. The first-order valence-electron chi connectivity index (χ1n) is 9.50. The van der Waals surface area contributed by atoms with Gasteiger partial charge in [0.25, 0.3) is 0 Å². The van der Waals surface area contributed by atoms with Gasteiger partial charge in [0.1, 0.15) is 0 Å². The summed E-state index contributed by atoms with van der Waals surface area (Å²) in [7, 11) is 0. The standard InChI is InChI=1S/C22H28N2OS2/c1-17-7-8-20(15-18(17)2)27-12-9-22(25)23-21-6-4-3-5-19(21)16-24-10-13-26-14-11-24/h3-8,15H,9-14,16H2,1-2H3,(H,23,25). The first-order valence-corrected chi connectivity index (χ1v) is 11.6. The molecule has 0 atom stereocenters. The highest BCUT2D eigenvalue weighted by molar-refractivity contribution is 7.99. The lowest BCUT2D eigenvalue weighted by molar-refractivity contribution is -0.115. The highest BCUT2D eigenvalue weighted by Gasteiger charge is 2.13. The van der Waals surface area contributed by atoms with Crippen molar-refractivity contribution in [3.05, 3.63) is 59.2 Å². The third-order valence-corrected chi connectivity index (χ3v) is 6.80. The van der Waals surface area contributed by atoms with Crippen LogP contribution in [0.15, 0.2) is 47.4 Å². The van der Waals surface area contributed by atoms with E-state index in [-0.39, 0.29) is 5.91 Å². The third kappa shape index (κ3) is 6.30. The maximum Gasteiger partial charge on any atom is 0.225 e. The maximum atomic E-state index is 12.4. The first-order chi connectivity index (χ1) is 13.1. The molecule has 0 spiro atoms. The van der Waals surface area contributed by atoms with Gasteiger partial charge in [-0.05, 0) is 48.7 Å². The minimum atomic E-state index is 0.0907. The van der Waals surface area contributed by atoms with Crippen LogP contribution in [0.2, 0.25) is 0 Å². The third-order valence-electron chi connectivity index (χ3n) is 4.87. The van der Waals surface area contributed by atoms with Crippen molar-refractivity contribution in [1.82, 2.24) is 4.90 Å². The Morgan fingerprint density at radius 2 is 1.89 bits per heavy atom. The highest BCUT2D eigenvalue weighted by Crippen LogP contribution is 2.23. The molecule has 3 nitrogen and oxygen atoms in total. The van der Waals surface area contributed by atoms with Crippen molar-refractivity contribution in [2.24, 2.45) is 0 Å². The summed E-state index contributed by atoms with van der Waals surface area (Å²) in [6.07, 6.45) is 0.520. The van der Waals surface area contributed by atoms with Crippen molar-refractivity contribution >= 4 is 35.1 Å². The number of anilines is 1. The number of para-hydroxylation sites is 1. The van der Waals surface area contributed by atoms with Crippen LogP contribution in [0.1, 0.15) is 23.1 Å². The molecule has 1 saturated heterocycles. The van der Waals surface area contributed by atoms with Crippen LogP contribution in [-0.2, 0) is 11.3 Å². The molecule has 0 radical (unpaired) electrons. The number of hydrogen-bond acceptors (Lipinski definition) is 4. The number of carbonyl (C=O) groups is 1. The summed E-state index contributed by atoms with van der Waals surface area (Å²) >= 11 is 3.76. The Morgan fingerprint density at radius 1 is 1.11 bits per heavy atom. The molecule has 0 aromatic heterocycles. The molecule has 27 heavy (non-hydrogen) atoms. The summed E-state index contributed by atoms with van der Waals surface area (Å²) in [4.78, 5) is 16.1. The van der Waals surface area contributed by atoms with Gasteiger partial charge in [0.05, 0.1) is 0 Å². The summed E-state index contributed by atoms with van der Waals surface area (Å²) in [6, 6.07) is 14.7. The fourth-order valence-corrected chi connectivity index (χ4v) is 4.98. The molecule has 2 aromatic rings. The smallest absolute Gasteiger partial charge is 0.225 e. The lowest BCUT2D eigenvalue weighted by atomic mass is 10.1. The lowest BCUT2D eigenvalue weighted by Gasteiger charge is -2.27. The van der Waals surface area contributed by atoms with Crippen molar-refractivity contribution in [2.75, 3.05) is 35.7 Å². The molecular formula is C22H28N2OS2. The van der Waals surface area contributed by atoms with Crippen molar-refractivity contribution in [1.29, 1.82) is 0 Å². The summed E-state index contributed by atoms with van der Waals surface area (Å²) in [5.74, 6) is 3.28. The molecule has 0 bridgehead atoms. The Balaban J connectivity index is 1.50. The quantitative estimate of drug-likeness (QED) is 0.665. The number of benzene rings is 2. The van der Waals surface area contributed by atoms with Crippen LogP contribution in [0.4, 0.5) is 5.69 Å². The Kier molecular flexibility index (Phi) is 7.68. The molecule has 2 aromatic carbocycles. The van der Waals surface area contributed by atoms with Gasteiger partial charge in [-0.1, -0.05) is 24.3 Å². The van der Waals surface area contributed by atoms with E-state index >= 15 is 0 Å². The fourth-order valence-electron chi connectivity index (χ4n) is 3.06. The molecule has 0 unspecified atom stereocenters. The van der Waals surface area contributed by atoms with E-state index in [9.17, 15) is 4.79 Å². The second-order valence-corrected chi connectivity index (χ2v) is 9.33. The summed E-state index contributed by atoms with van der Waals surface area (Å²) in [5, 5.41) is 3.12. The van der Waals surface area contributed by atoms with Gasteiger partial charge in [0.2, 0.25) is 5.91 Å². The minimum Gasteiger partial charge on any atom is -0.326 e. The summed E-state index contributed by atoms with van der Waals surface area (Å²) in [6.45, 7) is 7.41. The number of rotatable bonds is 7. The van der Waals surface area contributed by atoms with E-state index < -0.39 is 0 Å². The van der Waals surface area contributed by atoms with Crippen LogP contribution in [0.25, 0.3) is 0 Å². The highest BCUT2D eigenvalue weighted by atomic mass is 32.2. The lowest BCUT2D eigenvalue weighted by Crippen LogP contribution is -2.32. The number of thioether (sulfide) groups is 2. The molecule has 144 valence electrons. The van der Waals surface area contributed by atoms with Crippen molar-refractivity contribution < 1.29 is 4.79 Å². The minimum absolute atomic E-state index is 0.0907. The number of hydrogen-bond donors (Lipinski definition) is 1. The van der Waals surface area contributed by atoms with Crippen LogP contribution >= 0.6 is 23.5 Å². The molecule has 1 fully saturated rings. The number of amides is 1. The molecule has 0 saturated carbocycles. The van der Waals surface area contributed by atoms with Gasteiger partial charge in [0, 0.05) is 53.9 Å². The van der Waals surface area contributed by atoms with Gasteiger partial charge >= 0.3 is 0 Å². The van der Waals surface area contributed by atoms with E-state index in [1.54, 1.807) is 11.8 Å². The molecular weight excluding hydrogens is 372 g/mol. The van der Waals surface area contributed by atoms with E-state index in [2.05, 4.69) is 54.4 Å². The number of aryl methyl sites for hydroxylation is 2. The van der Waals surface area contributed by atoms with Crippen LogP contribution in [0, 0.1) is 13.8 Å². The average Bonchev–Trinajstić information content (AvgIpc) is 2.67. The zero-order chi connectivity index (χ0) is 19.1. The molecule has 1 N–H and O–H groups in total. The molecule has 3 rings (SSSR count). The number of nitrogens with zero attached hydrogens (tertiary/aromatic N) is 1. The van der Waals surface area contributed by atoms with Crippen molar-refractivity contribution in [3.8, 4) is 0 Å². The van der Waals surface area contributed by atoms with Crippen LogP contribution < -0.4 is 5.32 Å². The second-order valence-electron chi connectivity index (χ2n) is 6.94. The Bertz CT molecular complexity index is 773. The van der Waals surface area contributed by atoms with E-state index in [1.165, 1.54) is 33.1 Å². The van der Waals surface area contributed by atoms with Crippen LogP contribution in [-0.4, -0.2) is 41.2 Å². The van der Waals surface area contributed by atoms with Gasteiger partial charge in [-0.15, -0.1) is 11.8 Å². The zero-order valence-electron chi connectivity index (χ0n) is 16.2. The van der Waals surface area contributed by atoms with Gasteiger partial charge in [0.15, 0.2) is 0 Å². The molecule has 1 aliphatic rings. The fraction of sp³-hybridized carbons (Fsp3) is 0.409. The second kappa shape index (κ2) is 10.2. The van der Waals surface area contributed by atoms with Gasteiger partial charge < -0.3 is 5.32 Å². The molecule has 1 heterocycles. The molecule has 0 aliphatic carbocycles. The van der Waals surface area contributed by atoms with Crippen molar-refractivity contribution in [2.45, 2.75) is 31.7 Å². The van der Waals surface area contributed by atoms with E-state index in [1.807, 2.05) is 23.9 Å². The van der Waals surface area contributed by atoms with E-state index in [0.717, 1.165) is 31.1 Å². The monoisotopic (exact) mass is 400 g/mol. The number of carbonyl (C=O) groups excluding carboxylic acids is 1. The Hall–Kier alpha value is -1.43. The van der Waals surface area contributed by atoms with Crippen LogP contribution in [0.3, 0.4) is 0 Å². The average molecular weight is 401 g/mol. The molecule has 1 aliphatic heterocycles. The predicted molar refractivity (Wildman–Crippen MR) is 119 cm³/mol. The molecule has 5 heteroatoms. The van der Waals surface area contributed by atoms with Gasteiger partial charge in [-0.3, -0.25) is 9.69 Å². The van der Waals surface area contributed by atoms with Gasteiger partial charge in [-0.2, -0.15) is 11.8 Å². The maximum absolute atomic E-state index is 12.4. The topological polar surface area (TPSA) is 32.3 Å². The van der Waals surface area contributed by atoms with Gasteiger partial charge in [-0.25, -0.2) is 0 Å². The zero-order valence-corrected chi connectivity index (χ0v) is 17.8. The Morgan fingerprint density at radius 3 is 2.67 bits per heavy atom. The summed E-state index contributed by atoms with van der Waals surface area (Å²) < 4.78 is 0. The van der Waals surface area contributed by atoms with E-state index in [4.69, 9.17) is 0 Å². The molecule has 1 amide bonds. The normalized spacial score (nSPS) is 14.9. The predicted octanol–water partition coefficient (Wildman–Crippen LogP) is 4.97. The van der Waals surface area contributed by atoms with E-state index in [0.29, 0.717) is 6.42 Å². The van der Waals surface area contributed by atoms with Crippen LogP contribution in [0.5, 0.6) is 0 Å². The summed E-state index contributed by atoms with van der Waals surface area (Å²) in [5.41, 5.74) is 4.77.